The maximum absolute atomic E-state index is 12.9. The lowest BCUT2D eigenvalue weighted by Crippen LogP contribution is -2.16. The predicted octanol–water partition coefficient (Wildman–Crippen LogP) is 4.73. The minimum Gasteiger partial charge on any atom is -0.481 e. The van der Waals surface area contributed by atoms with Crippen molar-refractivity contribution in [3.63, 3.8) is 0 Å². The van der Waals surface area contributed by atoms with Crippen LogP contribution in [-0.4, -0.2) is 26.4 Å². The number of hydrogen-bond donors (Lipinski definition) is 2. The summed E-state index contributed by atoms with van der Waals surface area (Å²) >= 11 is 0. The van der Waals surface area contributed by atoms with E-state index in [4.69, 9.17) is 10.1 Å². The van der Waals surface area contributed by atoms with Crippen LogP contribution in [0.5, 0.6) is 0 Å². The fourth-order valence-corrected chi connectivity index (χ4v) is 3.78. The van der Waals surface area contributed by atoms with Crippen LogP contribution in [0.4, 0.5) is 5.69 Å². The van der Waals surface area contributed by atoms with Gasteiger partial charge in [0.15, 0.2) is 0 Å². The molecule has 32 heavy (non-hydrogen) atoms. The van der Waals surface area contributed by atoms with E-state index in [9.17, 15) is 9.59 Å². The van der Waals surface area contributed by atoms with Crippen LogP contribution in [0.1, 0.15) is 27.9 Å². The number of fused-ring (bicyclic) bond motifs is 1. The molecular weight excluding hydrogens is 402 g/mol. The van der Waals surface area contributed by atoms with Crippen molar-refractivity contribution in [3.05, 3.63) is 88.7 Å². The first-order valence-electron chi connectivity index (χ1n) is 10.5. The molecule has 2 aromatic heterocycles. The lowest BCUT2D eigenvalue weighted by atomic mass is 10.0. The molecule has 0 atom stereocenters. The summed E-state index contributed by atoms with van der Waals surface area (Å²) in [6, 6.07) is 17.1. The summed E-state index contributed by atoms with van der Waals surface area (Å²) in [7, 11) is 0. The fraction of sp³-hybridized carbons (Fsp3) is 0.192. The lowest BCUT2D eigenvalue weighted by Gasteiger charge is -2.09. The largest absolute Gasteiger partial charge is 0.481 e. The third kappa shape index (κ3) is 4.39. The first-order chi connectivity index (χ1) is 15.3. The molecule has 4 rings (SSSR count). The highest BCUT2D eigenvalue weighted by molar-refractivity contribution is 5.93. The van der Waals surface area contributed by atoms with Crippen molar-refractivity contribution in [2.45, 2.75) is 33.6 Å². The molecule has 1 amide bonds. The summed E-state index contributed by atoms with van der Waals surface area (Å²) in [6.07, 6.45) is 2.04. The number of pyridine rings is 1. The molecule has 0 radical (unpaired) electrons. The van der Waals surface area contributed by atoms with Crippen molar-refractivity contribution >= 4 is 23.2 Å². The Morgan fingerprint density at radius 2 is 1.69 bits per heavy atom. The Labute approximate surface area is 186 Å². The van der Waals surface area contributed by atoms with Crippen LogP contribution in [-0.2, 0) is 22.4 Å². The van der Waals surface area contributed by atoms with Crippen LogP contribution in [0.15, 0.2) is 60.8 Å². The quantitative estimate of drug-likeness (QED) is 0.466. The molecule has 0 aliphatic carbocycles. The van der Waals surface area contributed by atoms with E-state index >= 15 is 0 Å². The lowest BCUT2D eigenvalue weighted by molar-refractivity contribution is -0.136. The number of anilines is 1. The molecule has 0 aliphatic rings. The second-order valence-corrected chi connectivity index (χ2v) is 8.08. The third-order valence-electron chi connectivity index (χ3n) is 5.65. The Hall–Kier alpha value is -3.93. The zero-order valence-corrected chi connectivity index (χ0v) is 18.3. The second-order valence-electron chi connectivity index (χ2n) is 8.08. The molecule has 4 aromatic rings. The molecule has 162 valence electrons. The number of nitrogens with one attached hydrogen (secondary N) is 1. The number of aryl methyl sites for hydroxylation is 3. The number of aliphatic carboxylic acids is 1. The van der Waals surface area contributed by atoms with E-state index in [1.54, 1.807) is 24.3 Å². The number of hydrogen-bond acceptors (Lipinski definition) is 3. The Kier molecular flexibility index (Phi) is 5.77. The van der Waals surface area contributed by atoms with Gasteiger partial charge in [0.05, 0.1) is 24.2 Å². The average Bonchev–Trinajstić information content (AvgIpc) is 3.11. The number of carboxylic acid groups (broad SMARTS) is 1. The van der Waals surface area contributed by atoms with Gasteiger partial charge in [0.25, 0.3) is 0 Å². The number of carboxylic acids is 1. The summed E-state index contributed by atoms with van der Waals surface area (Å²) in [6.45, 7) is 6.15. The van der Waals surface area contributed by atoms with Crippen molar-refractivity contribution < 1.29 is 14.7 Å². The average molecular weight is 428 g/mol. The molecule has 0 saturated carbocycles. The van der Waals surface area contributed by atoms with Crippen molar-refractivity contribution in [1.29, 1.82) is 0 Å². The van der Waals surface area contributed by atoms with Gasteiger partial charge in [-0.05, 0) is 67.3 Å². The van der Waals surface area contributed by atoms with Gasteiger partial charge in [-0.1, -0.05) is 30.3 Å². The number of nitrogens with zero attached hydrogens (tertiary/aromatic N) is 2. The smallest absolute Gasteiger partial charge is 0.307 e. The second kappa shape index (κ2) is 8.67. The zero-order chi connectivity index (χ0) is 22.8. The van der Waals surface area contributed by atoms with Crippen LogP contribution in [0.3, 0.4) is 0 Å². The Balaban J connectivity index is 1.65. The molecule has 0 unspecified atom stereocenters. The molecule has 0 fully saturated rings. The van der Waals surface area contributed by atoms with Crippen molar-refractivity contribution in [2.24, 2.45) is 0 Å². The highest BCUT2D eigenvalue weighted by Gasteiger charge is 2.18. The number of rotatable bonds is 6. The van der Waals surface area contributed by atoms with Gasteiger partial charge >= 0.3 is 5.97 Å². The van der Waals surface area contributed by atoms with Crippen LogP contribution < -0.4 is 5.32 Å². The monoisotopic (exact) mass is 427 g/mol. The maximum Gasteiger partial charge on any atom is 0.307 e. The predicted molar refractivity (Wildman–Crippen MR) is 125 cm³/mol. The minimum atomic E-state index is -0.886. The van der Waals surface area contributed by atoms with Crippen molar-refractivity contribution in [1.82, 2.24) is 9.38 Å². The van der Waals surface area contributed by atoms with Gasteiger partial charge in [-0.2, -0.15) is 0 Å². The number of aromatic nitrogens is 2. The number of imidazole rings is 1. The number of carbonyl (C=O) groups is 2. The van der Waals surface area contributed by atoms with E-state index < -0.39 is 5.97 Å². The molecule has 0 aliphatic heterocycles. The molecule has 0 saturated heterocycles. The van der Waals surface area contributed by atoms with Gasteiger partial charge < -0.3 is 14.8 Å². The Bertz CT molecular complexity index is 1320. The molecular formula is C26H25N3O3. The first kappa shape index (κ1) is 21.3. The van der Waals surface area contributed by atoms with Gasteiger partial charge in [-0.15, -0.1) is 0 Å². The summed E-state index contributed by atoms with van der Waals surface area (Å²) in [5, 5.41) is 11.8. The maximum atomic E-state index is 12.9. The Morgan fingerprint density at radius 3 is 2.38 bits per heavy atom. The van der Waals surface area contributed by atoms with Crippen molar-refractivity contribution in [3.8, 4) is 11.3 Å². The van der Waals surface area contributed by atoms with Crippen molar-refractivity contribution in [2.75, 3.05) is 5.32 Å². The van der Waals surface area contributed by atoms with Gasteiger partial charge in [-0.25, -0.2) is 4.98 Å². The van der Waals surface area contributed by atoms with E-state index in [-0.39, 0.29) is 18.7 Å². The highest BCUT2D eigenvalue weighted by atomic mass is 16.4. The van der Waals surface area contributed by atoms with Crippen LogP contribution in [0.25, 0.3) is 16.9 Å². The summed E-state index contributed by atoms with van der Waals surface area (Å²) in [4.78, 5) is 28.7. The van der Waals surface area contributed by atoms with Crippen LogP contribution >= 0.6 is 0 Å². The van der Waals surface area contributed by atoms with E-state index in [1.807, 2.05) is 35.7 Å². The minimum absolute atomic E-state index is 0.0469. The van der Waals surface area contributed by atoms with E-state index in [2.05, 4.69) is 31.3 Å². The summed E-state index contributed by atoms with van der Waals surface area (Å²) in [5.41, 5.74) is 8.18. The number of benzene rings is 2. The van der Waals surface area contributed by atoms with E-state index in [1.165, 1.54) is 11.1 Å². The van der Waals surface area contributed by atoms with Gasteiger partial charge in [0, 0.05) is 17.4 Å². The number of carbonyl (C=O) groups excluding carboxylic acids is 1. The Morgan fingerprint density at radius 1 is 0.938 bits per heavy atom. The molecule has 2 N–H and O–H groups in total. The third-order valence-corrected chi connectivity index (χ3v) is 5.65. The SMILES string of the molecule is Cc1ccc(-c2nc3c(C)cccn3c2CC(=O)Nc2ccc(CC(=O)O)cc2)cc1C. The highest BCUT2D eigenvalue weighted by Crippen LogP contribution is 2.28. The topological polar surface area (TPSA) is 83.7 Å². The molecule has 0 spiro atoms. The molecule has 2 heterocycles. The molecule has 6 nitrogen and oxygen atoms in total. The molecule has 6 heteroatoms. The normalized spacial score (nSPS) is 11.0. The van der Waals surface area contributed by atoms with Crippen LogP contribution in [0, 0.1) is 20.8 Å². The molecule has 2 aromatic carbocycles. The van der Waals surface area contributed by atoms with E-state index in [0.717, 1.165) is 28.2 Å². The molecule has 0 bridgehead atoms. The standard InChI is InChI=1S/C26H25N3O3/c1-16-6-9-20(13-18(16)3)25-22(29-12-4-5-17(2)26(29)28-25)15-23(30)27-21-10-7-19(8-11-21)14-24(31)32/h4-13H,14-15H2,1-3H3,(H,27,30)(H,31,32). The van der Waals surface area contributed by atoms with Gasteiger partial charge in [-0.3, -0.25) is 9.59 Å². The zero-order valence-electron chi connectivity index (χ0n) is 18.3. The van der Waals surface area contributed by atoms with E-state index in [0.29, 0.717) is 11.3 Å². The first-order valence-corrected chi connectivity index (χ1v) is 10.5. The van der Waals surface area contributed by atoms with Gasteiger partial charge in [0.1, 0.15) is 5.65 Å². The number of amides is 1. The van der Waals surface area contributed by atoms with Crippen LogP contribution in [0.2, 0.25) is 0 Å². The van der Waals surface area contributed by atoms with Gasteiger partial charge in [0.2, 0.25) is 5.91 Å². The summed E-state index contributed by atoms with van der Waals surface area (Å²) < 4.78 is 1.98. The fourth-order valence-electron chi connectivity index (χ4n) is 3.78. The summed E-state index contributed by atoms with van der Waals surface area (Å²) in [5.74, 6) is -1.05.